The van der Waals surface area contributed by atoms with E-state index in [0.29, 0.717) is 12.2 Å². The van der Waals surface area contributed by atoms with Gasteiger partial charge in [-0.25, -0.2) is 4.39 Å². The van der Waals surface area contributed by atoms with Crippen molar-refractivity contribution in [2.24, 2.45) is 0 Å². The Hall–Kier alpha value is -2.36. The van der Waals surface area contributed by atoms with Crippen LogP contribution in [0.15, 0.2) is 48.5 Å². The van der Waals surface area contributed by atoms with E-state index < -0.39 is 11.7 Å². The molecule has 2 aromatic carbocycles. The summed E-state index contributed by atoms with van der Waals surface area (Å²) in [6.45, 7) is 2.45. The number of anilines is 1. The lowest BCUT2D eigenvalue weighted by molar-refractivity contribution is 0.0947. The van der Waals surface area contributed by atoms with Gasteiger partial charge in [0.2, 0.25) is 0 Å². The van der Waals surface area contributed by atoms with Gasteiger partial charge in [-0.3, -0.25) is 4.79 Å². The molecule has 0 saturated carbocycles. The summed E-state index contributed by atoms with van der Waals surface area (Å²) in [4.78, 5) is 11.9. The van der Waals surface area contributed by atoms with Gasteiger partial charge in [-0.15, -0.1) is 0 Å². The predicted molar refractivity (Wildman–Crippen MR) is 78.0 cm³/mol. The number of carbonyl (C=O) groups excluding carboxylic acids is 1. The Morgan fingerprint density at radius 3 is 2.65 bits per heavy atom. The smallest absolute Gasteiger partial charge is 0.254 e. The van der Waals surface area contributed by atoms with Gasteiger partial charge in [0.15, 0.2) is 0 Å². The van der Waals surface area contributed by atoms with Crippen LogP contribution in [0.4, 0.5) is 10.1 Å². The van der Waals surface area contributed by atoms with Gasteiger partial charge < -0.3 is 11.1 Å². The molecule has 3 nitrogen and oxygen atoms in total. The largest absolute Gasteiger partial charge is 0.399 e. The van der Waals surface area contributed by atoms with Crippen LogP contribution >= 0.6 is 0 Å². The van der Waals surface area contributed by atoms with Crippen LogP contribution in [-0.4, -0.2) is 12.5 Å². The maximum Gasteiger partial charge on any atom is 0.254 e. The molecule has 0 heterocycles. The number of benzene rings is 2. The third-order valence-electron chi connectivity index (χ3n) is 3.17. The molecule has 2 rings (SSSR count). The standard InChI is InChI=1S/C16H17FN2O/c1-11(12-5-3-2-4-6-12)10-19-16(20)14-9-13(18)7-8-15(14)17/h2-9,11H,10,18H2,1H3,(H,19,20). The molecule has 0 saturated heterocycles. The van der Waals surface area contributed by atoms with Gasteiger partial charge in [-0.2, -0.15) is 0 Å². The van der Waals surface area contributed by atoms with E-state index in [9.17, 15) is 9.18 Å². The summed E-state index contributed by atoms with van der Waals surface area (Å²) in [7, 11) is 0. The maximum absolute atomic E-state index is 13.6. The first-order valence-electron chi connectivity index (χ1n) is 6.46. The van der Waals surface area contributed by atoms with Crippen molar-refractivity contribution < 1.29 is 9.18 Å². The number of nitrogens with one attached hydrogen (secondary N) is 1. The Kier molecular flexibility index (Phi) is 4.35. The lowest BCUT2D eigenvalue weighted by Gasteiger charge is -2.13. The van der Waals surface area contributed by atoms with E-state index in [1.165, 1.54) is 18.2 Å². The predicted octanol–water partition coefficient (Wildman–Crippen LogP) is 2.94. The van der Waals surface area contributed by atoms with Crippen LogP contribution in [0.2, 0.25) is 0 Å². The molecule has 0 fully saturated rings. The molecule has 20 heavy (non-hydrogen) atoms. The van der Waals surface area contributed by atoms with E-state index in [1.807, 2.05) is 37.3 Å². The number of amides is 1. The fraction of sp³-hybridized carbons (Fsp3) is 0.188. The van der Waals surface area contributed by atoms with Gasteiger partial charge in [-0.1, -0.05) is 37.3 Å². The number of nitrogens with two attached hydrogens (primary N) is 1. The van der Waals surface area contributed by atoms with E-state index in [1.54, 1.807) is 0 Å². The molecule has 1 atom stereocenters. The van der Waals surface area contributed by atoms with E-state index in [-0.39, 0.29) is 11.5 Å². The number of carbonyl (C=O) groups is 1. The zero-order valence-corrected chi connectivity index (χ0v) is 11.3. The van der Waals surface area contributed by atoms with Crippen molar-refractivity contribution in [2.45, 2.75) is 12.8 Å². The molecule has 0 aliphatic heterocycles. The Morgan fingerprint density at radius 1 is 1.25 bits per heavy atom. The second kappa shape index (κ2) is 6.19. The van der Waals surface area contributed by atoms with Crippen molar-refractivity contribution in [1.29, 1.82) is 0 Å². The molecule has 0 radical (unpaired) electrons. The Balaban J connectivity index is 2.00. The minimum Gasteiger partial charge on any atom is -0.399 e. The van der Waals surface area contributed by atoms with Crippen LogP contribution in [0.25, 0.3) is 0 Å². The highest BCUT2D eigenvalue weighted by molar-refractivity contribution is 5.95. The molecule has 104 valence electrons. The second-order valence-corrected chi connectivity index (χ2v) is 4.76. The van der Waals surface area contributed by atoms with Gasteiger partial charge in [0.05, 0.1) is 5.56 Å². The number of hydrogen-bond donors (Lipinski definition) is 2. The van der Waals surface area contributed by atoms with Crippen LogP contribution < -0.4 is 11.1 Å². The average molecular weight is 272 g/mol. The molecular formula is C16H17FN2O. The van der Waals surface area contributed by atoms with Crippen LogP contribution in [0.5, 0.6) is 0 Å². The number of nitrogen functional groups attached to an aromatic ring is 1. The zero-order chi connectivity index (χ0) is 14.5. The highest BCUT2D eigenvalue weighted by Gasteiger charge is 2.13. The molecule has 4 heteroatoms. The topological polar surface area (TPSA) is 55.1 Å². The number of rotatable bonds is 4. The summed E-state index contributed by atoms with van der Waals surface area (Å²) in [5.74, 6) is -0.856. The molecule has 0 spiro atoms. The molecule has 0 aromatic heterocycles. The first-order chi connectivity index (χ1) is 9.58. The number of halogens is 1. The molecule has 3 N–H and O–H groups in total. The Morgan fingerprint density at radius 2 is 1.95 bits per heavy atom. The average Bonchev–Trinajstić information content (AvgIpc) is 2.47. The molecule has 2 aromatic rings. The van der Waals surface area contributed by atoms with Crippen molar-refractivity contribution in [1.82, 2.24) is 5.32 Å². The molecule has 0 aliphatic rings. The summed E-state index contributed by atoms with van der Waals surface area (Å²) in [5.41, 5.74) is 7.04. The molecule has 1 unspecified atom stereocenters. The minimum atomic E-state index is -0.566. The molecule has 1 amide bonds. The van der Waals surface area contributed by atoms with Crippen LogP contribution in [0.1, 0.15) is 28.8 Å². The summed E-state index contributed by atoms with van der Waals surface area (Å²) < 4.78 is 13.6. The van der Waals surface area contributed by atoms with E-state index >= 15 is 0 Å². The summed E-state index contributed by atoms with van der Waals surface area (Å²) in [6, 6.07) is 13.8. The van der Waals surface area contributed by atoms with Gasteiger partial charge >= 0.3 is 0 Å². The van der Waals surface area contributed by atoms with Crippen LogP contribution in [0, 0.1) is 5.82 Å². The normalized spacial score (nSPS) is 11.9. The van der Waals surface area contributed by atoms with Crippen molar-refractivity contribution in [3.8, 4) is 0 Å². The minimum absolute atomic E-state index is 0.0229. The summed E-state index contributed by atoms with van der Waals surface area (Å²) >= 11 is 0. The molecule has 0 bridgehead atoms. The van der Waals surface area contributed by atoms with Crippen LogP contribution in [-0.2, 0) is 0 Å². The van der Waals surface area contributed by atoms with Crippen molar-refractivity contribution in [3.05, 3.63) is 65.5 Å². The highest BCUT2D eigenvalue weighted by atomic mass is 19.1. The monoisotopic (exact) mass is 272 g/mol. The van der Waals surface area contributed by atoms with Crippen molar-refractivity contribution >= 4 is 11.6 Å². The Bertz CT molecular complexity index is 599. The quantitative estimate of drug-likeness (QED) is 0.841. The molecule has 0 aliphatic carbocycles. The van der Waals surface area contributed by atoms with E-state index in [4.69, 9.17) is 5.73 Å². The summed E-state index contributed by atoms with van der Waals surface area (Å²) in [6.07, 6.45) is 0. The first kappa shape index (κ1) is 14.1. The van der Waals surface area contributed by atoms with Gasteiger partial charge in [-0.05, 0) is 29.7 Å². The lowest BCUT2D eigenvalue weighted by atomic mass is 10.0. The first-order valence-corrected chi connectivity index (χ1v) is 6.46. The molecular weight excluding hydrogens is 255 g/mol. The van der Waals surface area contributed by atoms with Crippen molar-refractivity contribution in [2.75, 3.05) is 12.3 Å². The summed E-state index contributed by atoms with van der Waals surface area (Å²) in [5, 5.41) is 2.73. The third kappa shape index (κ3) is 3.35. The van der Waals surface area contributed by atoms with Gasteiger partial charge in [0, 0.05) is 12.2 Å². The third-order valence-corrected chi connectivity index (χ3v) is 3.17. The Labute approximate surface area is 117 Å². The van der Waals surface area contributed by atoms with Crippen molar-refractivity contribution in [3.63, 3.8) is 0 Å². The SMILES string of the molecule is CC(CNC(=O)c1cc(N)ccc1F)c1ccccc1. The van der Waals surface area contributed by atoms with E-state index in [0.717, 1.165) is 5.56 Å². The van der Waals surface area contributed by atoms with E-state index in [2.05, 4.69) is 5.32 Å². The highest BCUT2D eigenvalue weighted by Crippen LogP contribution is 2.15. The second-order valence-electron chi connectivity index (χ2n) is 4.76. The van der Waals surface area contributed by atoms with Gasteiger partial charge in [0.25, 0.3) is 5.91 Å². The lowest BCUT2D eigenvalue weighted by Crippen LogP contribution is -2.28. The van der Waals surface area contributed by atoms with Crippen LogP contribution in [0.3, 0.4) is 0 Å². The zero-order valence-electron chi connectivity index (χ0n) is 11.3. The fourth-order valence-corrected chi connectivity index (χ4v) is 1.96. The number of hydrogen-bond acceptors (Lipinski definition) is 2. The fourth-order valence-electron chi connectivity index (χ4n) is 1.96. The van der Waals surface area contributed by atoms with Gasteiger partial charge in [0.1, 0.15) is 5.82 Å². The maximum atomic E-state index is 13.6.